The minimum absolute atomic E-state index is 0.213. The van der Waals surface area contributed by atoms with Crippen LogP contribution in [0.4, 0.5) is 5.69 Å². The van der Waals surface area contributed by atoms with Crippen LogP contribution in [-0.2, 0) is 9.59 Å². The fourth-order valence-electron chi connectivity index (χ4n) is 6.71. The van der Waals surface area contributed by atoms with Crippen molar-refractivity contribution in [2.75, 3.05) is 11.5 Å². The number of hydrogen-bond donors (Lipinski definition) is 3. The van der Waals surface area contributed by atoms with Crippen molar-refractivity contribution in [1.82, 2.24) is 0 Å². The van der Waals surface area contributed by atoms with Crippen molar-refractivity contribution in [3.05, 3.63) is 75.9 Å². The highest BCUT2D eigenvalue weighted by atomic mass is 16.3. The van der Waals surface area contributed by atoms with E-state index >= 15 is 0 Å². The van der Waals surface area contributed by atoms with Crippen molar-refractivity contribution in [2.45, 2.75) is 78.7 Å². The molecule has 0 radical (unpaired) electrons. The van der Waals surface area contributed by atoms with Crippen LogP contribution in [0.15, 0.2) is 59.2 Å². The zero-order chi connectivity index (χ0) is 29.0. The molecule has 2 aromatic carbocycles. The van der Waals surface area contributed by atoms with Crippen LogP contribution in [0.5, 0.6) is 5.75 Å². The fraction of sp³-hybridized carbons (Fsp3) is 0.471. The molecule has 0 aromatic heterocycles. The summed E-state index contributed by atoms with van der Waals surface area (Å²) < 4.78 is 0. The third-order valence-corrected chi connectivity index (χ3v) is 8.50. The second kappa shape index (κ2) is 13.0. The SMILES string of the molecule is CCCC1=C([C@H](O)CC/C(=C/c2cc(C)c(O)c(C)c2)CCC)[C@H](CO)[C@@H]2C(=O)N(c3ccccc3)C(=O)[C@@H]2C1. The lowest BCUT2D eigenvalue weighted by atomic mass is 9.67. The molecule has 2 aliphatic rings. The molecule has 1 saturated heterocycles. The van der Waals surface area contributed by atoms with Gasteiger partial charge < -0.3 is 15.3 Å². The first-order valence-electron chi connectivity index (χ1n) is 14.6. The quantitative estimate of drug-likeness (QED) is 0.229. The normalized spacial score (nSPS) is 22.2. The van der Waals surface area contributed by atoms with Crippen LogP contribution in [0.1, 0.15) is 75.5 Å². The Balaban J connectivity index is 1.61. The van der Waals surface area contributed by atoms with E-state index in [9.17, 15) is 24.9 Å². The number of allylic oxidation sites excluding steroid dienone is 2. The van der Waals surface area contributed by atoms with Crippen LogP contribution in [0, 0.1) is 31.6 Å². The number of carbonyl (C=O) groups excluding carboxylic acids is 2. The molecule has 2 amide bonds. The van der Waals surface area contributed by atoms with Gasteiger partial charge in [0.2, 0.25) is 11.8 Å². The molecule has 2 aromatic rings. The summed E-state index contributed by atoms with van der Waals surface area (Å²) in [6.07, 6.45) is 6.37. The minimum atomic E-state index is -0.808. The number of aryl methyl sites for hydroxylation is 2. The largest absolute Gasteiger partial charge is 0.507 e. The number of imide groups is 1. The molecule has 40 heavy (non-hydrogen) atoms. The Kier molecular flexibility index (Phi) is 9.64. The van der Waals surface area contributed by atoms with Crippen LogP contribution in [0.2, 0.25) is 0 Å². The van der Waals surface area contributed by atoms with Crippen molar-refractivity contribution in [1.29, 1.82) is 0 Å². The maximum Gasteiger partial charge on any atom is 0.238 e. The summed E-state index contributed by atoms with van der Waals surface area (Å²) in [5.41, 5.74) is 6.23. The number of anilines is 1. The number of benzene rings is 2. The molecule has 1 fully saturated rings. The number of aliphatic hydroxyl groups is 2. The Morgan fingerprint density at radius 2 is 1.70 bits per heavy atom. The number of phenolic OH excluding ortho intramolecular Hbond substituents is 1. The lowest BCUT2D eigenvalue weighted by Crippen LogP contribution is -2.39. The molecule has 4 atom stereocenters. The molecule has 1 aliphatic heterocycles. The summed E-state index contributed by atoms with van der Waals surface area (Å²) in [4.78, 5) is 28.4. The topological polar surface area (TPSA) is 98.1 Å². The van der Waals surface area contributed by atoms with E-state index in [2.05, 4.69) is 19.9 Å². The van der Waals surface area contributed by atoms with E-state index in [1.807, 2.05) is 32.0 Å². The number of rotatable bonds is 11. The van der Waals surface area contributed by atoms with E-state index in [1.165, 1.54) is 10.5 Å². The summed E-state index contributed by atoms with van der Waals surface area (Å²) in [7, 11) is 0. The second-order valence-corrected chi connectivity index (χ2v) is 11.4. The first-order chi connectivity index (χ1) is 19.2. The van der Waals surface area contributed by atoms with Crippen LogP contribution < -0.4 is 4.90 Å². The van der Waals surface area contributed by atoms with E-state index < -0.39 is 23.9 Å². The molecule has 1 aliphatic carbocycles. The van der Waals surface area contributed by atoms with Gasteiger partial charge in [0.1, 0.15) is 5.75 Å². The lowest BCUT2D eigenvalue weighted by Gasteiger charge is -2.36. The summed E-state index contributed by atoms with van der Waals surface area (Å²) in [5.74, 6) is -1.95. The lowest BCUT2D eigenvalue weighted by molar-refractivity contribution is -0.123. The van der Waals surface area contributed by atoms with Crippen molar-refractivity contribution >= 4 is 23.6 Å². The molecule has 1 heterocycles. The number of nitrogens with zero attached hydrogens (tertiary/aromatic N) is 1. The van der Waals surface area contributed by atoms with Crippen molar-refractivity contribution in [3.8, 4) is 5.75 Å². The highest BCUT2D eigenvalue weighted by Crippen LogP contribution is 2.48. The predicted octanol–water partition coefficient (Wildman–Crippen LogP) is 6.25. The number of aromatic hydroxyl groups is 1. The number of amides is 2. The third kappa shape index (κ3) is 5.93. The molecule has 0 bridgehead atoms. The van der Waals surface area contributed by atoms with E-state index in [-0.39, 0.29) is 18.4 Å². The Morgan fingerprint density at radius 1 is 1.02 bits per heavy atom. The third-order valence-electron chi connectivity index (χ3n) is 8.50. The minimum Gasteiger partial charge on any atom is -0.507 e. The number of phenols is 1. The molecule has 6 heteroatoms. The molecule has 6 nitrogen and oxygen atoms in total. The molecule has 3 N–H and O–H groups in total. The summed E-state index contributed by atoms with van der Waals surface area (Å²) >= 11 is 0. The Labute approximate surface area is 238 Å². The summed E-state index contributed by atoms with van der Waals surface area (Å²) in [5, 5.41) is 32.3. The smallest absolute Gasteiger partial charge is 0.238 e. The van der Waals surface area contributed by atoms with Crippen LogP contribution in [0.3, 0.4) is 0 Å². The van der Waals surface area contributed by atoms with Gasteiger partial charge in [0.05, 0.1) is 30.2 Å². The van der Waals surface area contributed by atoms with Crippen LogP contribution in [-0.4, -0.2) is 39.8 Å². The van der Waals surface area contributed by atoms with Gasteiger partial charge in [-0.1, -0.05) is 62.1 Å². The first kappa shape index (κ1) is 29.8. The van der Waals surface area contributed by atoms with Gasteiger partial charge in [0.25, 0.3) is 0 Å². The standard InChI is InChI=1S/C34H43NO5/c1-5-10-23(18-24-16-21(3)32(38)22(4)17-24)14-15-29(37)30-25(11-6-2)19-27-31(28(30)20-36)34(40)35(33(27)39)26-12-8-7-9-13-26/h7-9,12-13,16-18,27-29,31,36-38H,5-6,10-11,14-15,19-20H2,1-4H3/b23-18+/t27-,28+,29-,31-/m1/s1. The summed E-state index contributed by atoms with van der Waals surface area (Å²) in [6, 6.07) is 12.9. The van der Waals surface area contributed by atoms with Gasteiger partial charge in [0, 0.05) is 5.92 Å². The predicted molar refractivity (Wildman–Crippen MR) is 159 cm³/mol. The van der Waals surface area contributed by atoms with Gasteiger partial charge in [-0.25, -0.2) is 0 Å². The van der Waals surface area contributed by atoms with E-state index in [0.717, 1.165) is 53.5 Å². The van der Waals surface area contributed by atoms with Gasteiger partial charge >= 0.3 is 0 Å². The van der Waals surface area contributed by atoms with Crippen molar-refractivity contribution in [2.24, 2.45) is 17.8 Å². The maximum atomic E-state index is 13.6. The van der Waals surface area contributed by atoms with Crippen LogP contribution in [0.25, 0.3) is 6.08 Å². The molecule has 4 rings (SSSR count). The molecule has 0 spiro atoms. The van der Waals surface area contributed by atoms with E-state index in [4.69, 9.17) is 0 Å². The van der Waals surface area contributed by atoms with Gasteiger partial charge in [-0.2, -0.15) is 0 Å². The first-order valence-corrected chi connectivity index (χ1v) is 14.6. The van der Waals surface area contributed by atoms with Gasteiger partial charge in [0.15, 0.2) is 0 Å². The number of carbonyl (C=O) groups is 2. The number of fused-ring (bicyclic) bond motifs is 1. The maximum absolute atomic E-state index is 13.6. The highest BCUT2D eigenvalue weighted by molar-refractivity contribution is 6.22. The Morgan fingerprint density at radius 3 is 2.30 bits per heavy atom. The van der Waals surface area contributed by atoms with E-state index in [0.29, 0.717) is 30.7 Å². The number of aliphatic hydroxyl groups excluding tert-OH is 2. The number of para-hydroxylation sites is 1. The van der Waals surface area contributed by atoms with Gasteiger partial charge in [-0.3, -0.25) is 14.5 Å². The molecule has 214 valence electrons. The fourth-order valence-corrected chi connectivity index (χ4v) is 6.71. The molecule has 0 saturated carbocycles. The second-order valence-electron chi connectivity index (χ2n) is 11.4. The van der Waals surface area contributed by atoms with Gasteiger partial charge in [-0.15, -0.1) is 0 Å². The number of hydrogen-bond acceptors (Lipinski definition) is 5. The van der Waals surface area contributed by atoms with Crippen molar-refractivity contribution in [3.63, 3.8) is 0 Å². The highest BCUT2D eigenvalue weighted by Gasteiger charge is 2.55. The van der Waals surface area contributed by atoms with E-state index in [1.54, 1.807) is 24.3 Å². The Hall–Kier alpha value is -3.22. The molecular formula is C34H43NO5. The Bertz CT molecular complexity index is 1270. The van der Waals surface area contributed by atoms with Gasteiger partial charge in [-0.05, 0) is 92.5 Å². The summed E-state index contributed by atoms with van der Waals surface area (Å²) in [6.45, 7) is 7.70. The average Bonchev–Trinajstić information content (AvgIpc) is 3.19. The van der Waals surface area contributed by atoms with Crippen molar-refractivity contribution < 1.29 is 24.9 Å². The molecular weight excluding hydrogens is 502 g/mol. The average molecular weight is 546 g/mol. The zero-order valence-corrected chi connectivity index (χ0v) is 24.2. The molecule has 0 unspecified atom stereocenters. The monoisotopic (exact) mass is 545 g/mol. The zero-order valence-electron chi connectivity index (χ0n) is 24.2. The van der Waals surface area contributed by atoms with Crippen LogP contribution >= 0.6 is 0 Å².